The number of anilines is 1. The maximum absolute atomic E-state index is 5.36. The fraction of sp³-hybridized carbons (Fsp3) is 0.111. The molecule has 3 N–H and O–H groups in total. The predicted octanol–water partition coefficient (Wildman–Crippen LogP) is 0.143. The zero-order valence-corrected chi connectivity index (χ0v) is 7.12. The highest BCUT2D eigenvalue weighted by Gasteiger charge is 1.87. The minimum atomic E-state index is 0.398. The van der Waals surface area contributed by atoms with Crippen molar-refractivity contribution in [3.05, 3.63) is 30.9 Å². The fourth-order valence-electron chi connectivity index (χ4n) is 0.661. The molecule has 0 saturated carbocycles. The van der Waals surface area contributed by atoms with Gasteiger partial charge < -0.3 is 11.1 Å². The van der Waals surface area contributed by atoms with Gasteiger partial charge in [-0.2, -0.15) is 0 Å². The highest BCUT2D eigenvalue weighted by molar-refractivity contribution is 5.30. The summed E-state index contributed by atoms with van der Waals surface area (Å²) in [6, 6.07) is 0. The third kappa shape index (κ3) is 3.25. The first kappa shape index (κ1) is 9.07. The number of hydrogen-bond acceptors (Lipinski definition) is 4. The minimum Gasteiger partial charge on any atom is -0.382 e. The number of nitrogen functional groups attached to an aromatic ring is 1. The van der Waals surface area contributed by atoms with Crippen LogP contribution in [-0.2, 0) is 0 Å². The summed E-state index contributed by atoms with van der Waals surface area (Å²) in [5.74, 6) is 6.06. The zero-order chi connectivity index (χ0) is 9.52. The van der Waals surface area contributed by atoms with Crippen molar-refractivity contribution in [3.8, 4) is 11.8 Å². The second-order valence-corrected chi connectivity index (χ2v) is 2.21. The normalized spacial score (nSPS) is 8.31. The van der Waals surface area contributed by atoms with Crippen LogP contribution in [0.3, 0.4) is 0 Å². The molecule has 0 aliphatic rings. The number of hydrogen-bond donors (Lipinski definition) is 2. The molecule has 66 valence electrons. The average Bonchev–Trinajstić information content (AvgIpc) is 2.15. The van der Waals surface area contributed by atoms with Crippen molar-refractivity contribution >= 4 is 5.82 Å². The lowest BCUT2D eigenvalue weighted by molar-refractivity contribution is 1.01. The number of rotatable bonds is 2. The van der Waals surface area contributed by atoms with Gasteiger partial charge in [0.1, 0.15) is 11.5 Å². The number of nitrogens with one attached hydrogen (secondary N) is 1. The molecule has 1 heterocycles. The molecule has 0 atom stereocenters. The van der Waals surface area contributed by atoms with Crippen LogP contribution in [0.1, 0.15) is 5.69 Å². The third-order valence-electron chi connectivity index (χ3n) is 1.22. The van der Waals surface area contributed by atoms with E-state index in [9.17, 15) is 0 Å². The van der Waals surface area contributed by atoms with Crippen LogP contribution in [0.5, 0.6) is 0 Å². The maximum atomic E-state index is 5.36. The van der Waals surface area contributed by atoms with E-state index in [1.54, 1.807) is 6.20 Å². The van der Waals surface area contributed by atoms with Crippen molar-refractivity contribution in [2.45, 2.75) is 0 Å². The van der Waals surface area contributed by atoms with E-state index < -0.39 is 0 Å². The highest BCUT2D eigenvalue weighted by atomic mass is 14.9. The molecule has 0 amide bonds. The van der Waals surface area contributed by atoms with Crippen LogP contribution in [0.4, 0.5) is 5.82 Å². The summed E-state index contributed by atoms with van der Waals surface area (Å²) >= 11 is 0. The van der Waals surface area contributed by atoms with Crippen LogP contribution in [0, 0.1) is 11.8 Å². The van der Waals surface area contributed by atoms with Gasteiger partial charge in [0.05, 0.1) is 18.9 Å². The molecule has 1 aromatic rings. The van der Waals surface area contributed by atoms with Gasteiger partial charge in [-0.25, -0.2) is 9.97 Å². The minimum absolute atomic E-state index is 0.398. The summed E-state index contributed by atoms with van der Waals surface area (Å²) < 4.78 is 0. The van der Waals surface area contributed by atoms with E-state index in [0.717, 1.165) is 0 Å². The molecule has 4 nitrogen and oxygen atoms in total. The van der Waals surface area contributed by atoms with Crippen LogP contribution in [-0.4, -0.2) is 16.5 Å². The molecule has 1 aromatic heterocycles. The first-order valence-electron chi connectivity index (χ1n) is 3.73. The molecule has 13 heavy (non-hydrogen) atoms. The Hall–Kier alpha value is -2.02. The van der Waals surface area contributed by atoms with Crippen LogP contribution in [0.25, 0.3) is 0 Å². The first-order chi connectivity index (χ1) is 6.33. The monoisotopic (exact) mass is 174 g/mol. The van der Waals surface area contributed by atoms with E-state index in [1.807, 2.05) is 0 Å². The van der Waals surface area contributed by atoms with Crippen LogP contribution in [0.15, 0.2) is 25.2 Å². The van der Waals surface area contributed by atoms with Crippen LogP contribution >= 0.6 is 0 Å². The second-order valence-electron chi connectivity index (χ2n) is 2.21. The van der Waals surface area contributed by atoms with Crippen molar-refractivity contribution in [2.24, 2.45) is 0 Å². The Balaban J connectivity index is 2.56. The lowest BCUT2D eigenvalue weighted by Crippen LogP contribution is -2.02. The molecule has 0 unspecified atom stereocenters. The molecular formula is C9H10N4. The Labute approximate surface area is 76.9 Å². The van der Waals surface area contributed by atoms with E-state index in [1.165, 1.54) is 12.4 Å². The standard InChI is InChI=1S/C9H10N4/c1-2-11-5-3-4-8-6-13-9(10)7-12-8/h2,6-7,11H,1,5H2,(H2,10,13). The largest absolute Gasteiger partial charge is 0.382 e. The summed E-state index contributed by atoms with van der Waals surface area (Å²) in [6.45, 7) is 4.04. The molecule has 0 spiro atoms. The molecule has 0 saturated heterocycles. The van der Waals surface area contributed by atoms with Gasteiger partial charge in [0.2, 0.25) is 0 Å². The Bertz CT molecular complexity index is 331. The van der Waals surface area contributed by atoms with Gasteiger partial charge in [0.15, 0.2) is 0 Å². The van der Waals surface area contributed by atoms with Gasteiger partial charge in [-0.05, 0) is 12.1 Å². The predicted molar refractivity (Wildman–Crippen MR) is 51.5 cm³/mol. The SMILES string of the molecule is C=CNCC#Cc1cnc(N)cn1. The van der Waals surface area contributed by atoms with E-state index in [2.05, 4.69) is 33.7 Å². The van der Waals surface area contributed by atoms with Gasteiger partial charge in [-0.3, -0.25) is 0 Å². The maximum Gasteiger partial charge on any atom is 0.141 e. The van der Waals surface area contributed by atoms with Crippen molar-refractivity contribution in [1.29, 1.82) is 0 Å². The van der Waals surface area contributed by atoms with Gasteiger partial charge in [-0.15, -0.1) is 0 Å². The number of aromatic nitrogens is 2. The second kappa shape index (κ2) is 4.78. The summed E-state index contributed by atoms with van der Waals surface area (Å²) in [4.78, 5) is 7.81. The van der Waals surface area contributed by atoms with Crippen molar-refractivity contribution in [2.75, 3.05) is 12.3 Å². The summed E-state index contributed by atoms with van der Waals surface area (Å²) in [5, 5.41) is 2.85. The Morgan fingerprint density at radius 2 is 2.38 bits per heavy atom. The molecule has 0 aliphatic carbocycles. The average molecular weight is 174 g/mol. The topological polar surface area (TPSA) is 63.8 Å². The molecular weight excluding hydrogens is 164 g/mol. The first-order valence-corrected chi connectivity index (χ1v) is 3.73. The quantitative estimate of drug-likeness (QED) is 0.494. The van der Waals surface area contributed by atoms with E-state index in [-0.39, 0.29) is 0 Å². The summed E-state index contributed by atoms with van der Waals surface area (Å²) in [6.07, 6.45) is 4.60. The summed E-state index contributed by atoms with van der Waals surface area (Å²) in [5.41, 5.74) is 5.97. The van der Waals surface area contributed by atoms with Gasteiger partial charge in [0.25, 0.3) is 0 Å². The number of nitrogens with zero attached hydrogens (tertiary/aromatic N) is 2. The van der Waals surface area contributed by atoms with Gasteiger partial charge >= 0.3 is 0 Å². The van der Waals surface area contributed by atoms with E-state index >= 15 is 0 Å². The Kier molecular flexibility index (Phi) is 3.33. The van der Waals surface area contributed by atoms with Gasteiger partial charge in [0, 0.05) is 0 Å². The van der Waals surface area contributed by atoms with E-state index in [0.29, 0.717) is 18.1 Å². The molecule has 0 bridgehead atoms. The third-order valence-corrected chi connectivity index (χ3v) is 1.22. The Morgan fingerprint density at radius 1 is 1.54 bits per heavy atom. The molecule has 0 fully saturated rings. The lowest BCUT2D eigenvalue weighted by Gasteiger charge is -1.90. The molecule has 0 aromatic carbocycles. The molecule has 1 rings (SSSR count). The highest BCUT2D eigenvalue weighted by Crippen LogP contribution is 1.92. The lowest BCUT2D eigenvalue weighted by atomic mass is 10.4. The molecule has 0 aliphatic heterocycles. The smallest absolute Gasteiger partial charge is 0.141 e. The van der Waals surface area contributed by atoms with Crippen LogP contribution < -0.4 is 11.1 Å². The van der Waals surface area contributed by atoms with Crippen molar-refractivity contribution in [1.82, 2.24) is 15.3 Å². The number of nitrogens with two attached hydrogens (primary N) is 1. The molecule has 4 heteroatoms. The Morgan fingerprint density at radius 3 is 3.00 bits per heavy atom. The van der Waals surface area contributed by atoms with Gasteiger partial charge in [-0.1, -0.05) is 12.5 Å². The summed E-state index contributed by atoms with van der Waals surface area (Å²) in [7, 11) is 0. The van der Waals surface area contributed by atoms with E-state index in [4.69, 9.17) is 5.73 Å². The van der Waals surface area contributed by atoms with Crippen LogP contribution in [0.2, 0.25) is 0 Å². The molecule has 0 radical (unpaired) electrons. The zero-order valence-electron chi connectivity index (χ0n) is 7.12. The van der Waals surface area contributed by atoms with Crippen molar-refractivity contribution in [3.63, 3.8) is 0 Å². The van der Waals surface area contributed by atoms with Crippen molar-refractivity contribution < 1.29 is 0 Å². The fourth-order valence-corrected chi connectivity index (χ4v) is 0.661.